The van der Waals surface area contributed by atoms with Gasteiger partial charge >= 0.3 is 0 Å². The van der Waals surface area contributed by atoms with Crippen LogP contribution in [0.5, 0.6) is 0 Å². The zero-order chi connectivity index (χ0) is 8.53. The van der Waals surface area contributed by atoms with Crippen molar-refractivity contribution in [2.45, 2.75) is 40.0 Å². The van der Waals surface area contributed by atoms with Crippen LogP contribution in [0.3, 0.4) is 0 Å². The fraction of sp³-hybridized carbons (Fsp3) is 1.00. The molecule has 0 aromatic heterocycles. The number of hydrogen-bond acceptors (Lipinski definition) is 2. The van der Waals surface area contributed by atoms with Gasteiger partial charge in [-0.1, -0.05) is 20.8 Å². The highest BCUT2D eigenvalue weighted by molar-refractivity contribution is 5.85. The van der Waals surface area contributed by atoms with Crippen LogP contribution < -0.4 is 5.43 Å². The lowest BCUT2D eigenvalue weighted by molar-refractivity contribution is 0.188. The van der Waals surface area contributed by atoms with Gasteiger partial charge in [-0.3, -0.25) is 5.43 Å². The summed E-state index contributed by atoms with van der Waals surface area (Å²) in [6.45, 7) is 10.1. The van der Waals surface area contributed by atoms with E-state index in [9.17, 15) is 0 Å². The summed E-state index contributed by atoms with van der Waals surface area (Å²) in [5.41, 5.74) is 3.40. The van der Waals surface area contributed by atoms with Crippen molar-refractivity contribution >= 4 is 12.4 Å². The molecule has 0 aliphatic heterocycles. The van der Waals surface area contributed by atoms with Crippen LogP contribution in [0.4, 0.5) is 0 Å². The molecule has 0 aromatic carbocycles. The van der Waals surface area contributed by atoms with Crippen LogP contribution in [0.15, 0.2) is 0 Å². The summed E-state index contributed by atoms with van der Waals surface area (Å²) >= 11 is 0. The van der Waals surface area contributed by atoms with E-state index in [1.54, 1.807) is 0 Å². The molecule has 3 heteroatoms. The third-order valence-electron chi connectivity index (χ3n) is 1.57. The lowest BCUT2D eigenvalue weighted by Crippen LogP contribution is -2.39. The minimum absolute atomic E-state index is 0. The number of hydrogen-bond donors (Lipinski definition) is 1. The fourth-order valence-corrected chi connectivity index (χ4v) is 1.08. The van der Waals surface area contributed by atoms with Crippen molar-refractivity contribution in [3.63, 3.8) is 0 Å². The van der Waals surface area contributed by atoms with Crippen molar-refractivity contribution < 1.29 is 0 Å². The molecular weight excluding hydrogens is 172 g/mol. The predicted octanol–water partition coefficient (Wildman–Crippen LogP) is 2.44. The van der Waals surface area contributed by atoms with E-state index in [1.165, 1.54) is 32.4 Å². The quantitative estimate of drug-likeness (QED) is 0.627. The molecule has 0 radical (unpaired) electrons. The van der Waals surface area contributed by atoms with Gasteiger partial charge in [-0.25, -0.2) is 5.01 Å². The highest BCUT2D eigenvalue weighted by Gasteiger charge is 1.98. The SMILES string of the molecule is CCCNN(CCC)CCC.Cl. The molecule has 76 valence electrons. The third-order valence-corrected chi connectivity index (χ3v) is 1.57. The van der Waals surface area contributed by atoms with Gasteiger partial charge in [0.2, 0.25) is 0 Å². The molecule has 0 atom stereocenters. The number of hydrazine groups is 1. The van der Waals surface area contributed by atoms with Crippen molar-refractivity contribution in [2.24, 2.45) is 0 Å². The van der Waals surface area contributed by atoms with E-state index in [0.717, 1.165) is 6.54 Å². The Morgan fingerprint density at radius 3 is 1.75 bits per heavy atom. The lowest BCUT2D eigenvalue weighted by atomic mass is 10.4. The van der Waals surface area contributed by atoms with E-state index in [2.05, 4.69) is 31.2 Å². The van der Waals surface area contributed by atoms with Gasteiger partial charge in [-0.05, 0) is 19.3 Å². The molecule has 0 saturated carbocycles. The molecule has 0 unspecified atom stereocenters. The Balaban J connectivity index is 0. The maximum atomic E-state index is 3.40. The number of halogens is 1. The van der Waals surface area contributed by atoms with Crippen LogP contribution in [0.2, 0.25) is 0 Å². The van der Waals surface area contributed by atoms with Crippen molar-refractivity contribution in [2.75, 3.05) is 19.6 Å². The molecule has 0 fully saturated rings. The Bertz CT molecular complexity index is 72.9. The summed E-state index contributed by atoms with van der Waals surface area (Å²) < 4.78 is 0. The monoisotopic (exact) mass is 194 g/mol. The molecule has 0 saturated heterocycles. The van der Waals surface area contributed by atoms with E-state index < -0.39 is 0 Å². The fourth-order valence-electron chi connectivity index (χ4n) is 1.08. The Hall–Kier alpha value is 0.210. The van der Waals surface area contributed by atoms with Gasteiger partial charge in [0.05, 0.1) is 0 Å². The van der Waals surface area contributed by atoms with Crippen molar-refractivity contribution in [1.82, 2.24) is 10.4 Å². The van der Waals surface area contributed by atoms with Crippen LogP contribution in [0, 0.1) is 0 Å². The van der Waals surface area contributed by atoms with Crippen LogP contribution in [-0.2, 0) is 0 Å². The van der Waals surface area contributed by atoms with Gasteiger partial charge in [0.1, 0.15) is 0 Å². The van der Waals surface area contributed by atoms with Crippen LogP contribution in [-0.4, -0.2) is 24.6 Å². The highest BCUT2D eigenvalue weighted by atomic mass is 35.5. The zero-order valence-corrected chi connectivity index (χ0v) is 9.41. The van der Waals surface area contributed by atoms with Gasteiger partial charge < -0.3 is 0 Å². The summed E-state index contributed by atoms with van der Waals surface area (Å²) in [7, 11) is 0. The standard InChI is InChI=1S/C9H22N2.ClH/c1-4-7-10-11(8-5-2)9-6-3;/h10H,4-9H2,1-3H3;1H. The average Bonchev–Trinajstić information content (AvgIpc) is 2.01. The Labute approximate surface area is 83.1 Å². The maximum Gasteiger partial charge on any atom is 0.0128 e. The molecule has 0 heterocycles. The second kappa shape index (κ2) is 11.2. The van der Waals surface area contributed by atoms with Crippen LogP contribution >= 0.6 is 12.4 Å². The van der Waals surface area contributed by atoms with Crippen molar-refractivity contribution in [1.29, 1.82) is 0 Å². The first-order chi connectivity index (χ1) is 5.35. The van der Waals surface area contributed by atoms with E-state index in [0.29, 0.717) is 0 Å². The molecular formula is C9H23ClN2. The number of nitrogens with one attached hydrogen (secondary N) is 1. The second-order valence-corrected chi connectivity index (χ2v) is 2.90. The minimum atomic E-state index is 0. The molecule has 12 heavy (non-hydrogen) atoms. The Morgan fingerprint density at radius 1 is 0.917 bits per heavy atom. The maximum absolute atomic E-state index is 3.40. The first-order valence-corrected chi connectivity index (χ1v) is 4.83. The van der Waals surface area contributed by atoms with E-state index in [4.69, 9.17) is 0 Å². The molecule has 0 bridgehead atoms. The molecule has 0 aliphatic rings. The van der Waals surface area contributed by atoms with Gasteiger partial charge in [0.25, 0.3) is 0 Å². The molecule has 0 aliphatic carbocycles. The van der Waals surface area contributed by atoms with Crippen LogP contribution in [0.25, 0.3) is 0 Å². The molecule has 0 amide bonds. The Morgan fingerprint density at radius 2 is 1.42 bits per heavy atom. The third kappa shape index (κ3) is 8.31. The summed E-state index contributed by atoms with van der Waals surface area (Å²) in [6.07, 6.45) is 3.68. The zero-order valence-electron chi connectivity index (χ0n) is 8.60. The van der Waals surface area contributed by atoms with Gasteiger partial charge in [-0.2, -0.15) is 0 Å². The molecule has 0 spiro atoms. The second-order valence-electron chi connectivity index (χ2n) is 2.90. The normalized spacial score (nSPS) is 10.0. The lowest BCUT2D eigenvalue weighted by Gasteiger charge is -2.21. The van der Waals surface area contributed by atoms with E-state index in [-0.39, 0.29) is 12.4 Å². The predicted molar refractivity (Wildman–Crippen MR) is 57.7 cm³/mol. The molecule has 0 aromatic rings. The van der Waals surface area contributed by atoms with E-state index >= 15 is 0 Å². The number of nitrogens with zero attached hydrogens (tertiary/aromatic N) is 1. The summed E-state index contributed by atoms with van der Waals surface area (Å²) in [5.74, 6) is 0. The largest absolute Gasteiger partial charge is 0.255 e. The smallest absolute Gasteiger partial charge is 0.0128 e. The molecule has 2 nitrogen and oxygen atoms in total. The van der Waals surface area contributed by atoms with Gasteiger partial charge in [-0.15, -0.1) is 12.4 Å². The first kappa shape index (κ1) is 14.7. The van der Waals surface area contributed by atoms with Gasteiger partial charge in [0.15, 0.2) is 0 Å². The molecule has 1 N–H and O–H groups in total. The molecule has 0 rings (SSSR count). The topological polar surface area (TPSA) is 15.3 Å². The summed E-state index contributed by atoms with van der Waals surface area (Å²) in [6, 6.07) is 0. The van der Waals surface area contributed by atoms with Crippen LogP contribution in [0.1, 0.15) is 40.0 Å². The summed E-state index contributed by atoms with van der Waals surface area (Å²) in [4.78, 5) is 0. The number of rotatable bonds is 7. The van der Waals surface area contributed by atoms with E-state index in [1.807, 2.05) is 0 Å². The minimum Gasteiger partial charge on any atom is -0.255 e. The first-order valence-electron chi connectivity index (χ1n) is 4.83. The van der Waals surface area contributed by atoms with Crippen molar-refractivity contribution in [3.05, 3.63) is 0 Å². The van der Waals surface area contributed by atoms with Crippen molar-refractivity contribution in [3.8, 4) is 0 Å². The highest BCUT2D eigenvalue weighted by Crippen LogP contribution is 1.89. The average molecular weight is 195 g/mol. The Kier molecular flexibility index (Phi) is 13.7. The summed E-state index contributed by atoms with van der Waals surface area (Å²) in [5, 5.41) is 2.32. The van der Waals surface area contributed by atoms with Gasteiger partial charge in [0, 0.05) is 19.6 Å².